The second-order valence-corrected chi connectivity index (χ2v) is 5.35. The highest BCUT2D eigenvalue weighted by molar-refractivity contribution is 5.50. The van der Waals surface area contributed by atoms with Crippen LogP contribution in [0.3, 0.4) is 0 Å². The fraction of sp³-hybridized carbons (Fsp3) is 0.625. The quantitative estimate of drug-likeness (QED) is 0.904. The second-order valence-electron chi connectivity index (χ2n) is 5.35. The Morgan fingerprint density at radius 3 is 2.26 bits per heavy atom. The van der Waals surface area contributed by atoms with Crippen molar-refractivity contribution in [3.05, 3.63) is 23.3 Å². The average molecular weight is 263 g/mol. The molecule has 106 valence electrons. The number of ether oxygens (including phenoxy) is 2. The maximum atomic E-state index is 5.63. The summed E-state index contributed by atoms with van der Waals surface area (Å²) in [5.41, 5.74) is 2.45. The summed E-state index contributed by atoms with van der Waals surface area (Å²) in [5.74, 6) is 2.53. The maximum Gasteiger partial charge on any atom is 0.128 e. The zero-order valence-electron chi connectivity index (χ0n) is 12.5. The first-order valence-corrected chi connectivity index (χ1v) is 7.10. The lowest BCUT2D eigenvalue weighted by molar-refractivity contribution is 0.342. The number of rotatable bonds is 4. The van der Waals surface area contributed by atoms with E-state index in [1.54, 1.807) is 14.2 Å². The van der Waals surface area contributed by atoms with Gasteiger partial charge in [-0.3, -0.25) is 0 Å². The highest BCUT2D eigenvalue weighted by Crippen LogP contribution is 2.41. The fourth-order valence-corrected chi connectivity index (χ4v) is 3.20. The van der Waals surface area contributed by atoms with Crippen LogP contribution in [-0.4, -0.2) is 27.3 Å². The van der Waals surface area contributed by atoms with Crippen molar-refractivity contribution in [1.29, 1.82) is 0 Å². The summed E-state index contributed by atoms with van der Waals surface area (Å²) in [6, 6.07) is 4.92. The number of hydrogen-bond acceptors (Lipinski definition) is 3. The summed E-state index contributed by atoms with van der Waals surface area (Å²) in [5, 5.41) is 3.38. The van der Waals surface area contributed by atoms with Gasteiger partial charge in [0.2, 0.25) is 0 Å². The molecule has 2 rings (SSSR count). The highest BCUT2D eigenvalue weighted by atomic mass is 16.5. The Morgan fingerprint density at radius 1 is 1.05 bits per heavy atom. The summed E-state index contributed by atoms with van der Waals surface area (Å²) in [7, 11) is 5.52. The third kappa shape index (κ3) is 2.86. The summed E-state index contributed by atoms with van der Waals surface area (Å²) in [4.78, 5) is 0. The maximum absolute atomic E-state index is 5.63. The molecule has 0 aliphatic heterocycles. The Bertz CT molecular complexity index is 423. The minimum Gasteiger partial charge on any atom is -0.496 e. The normalized spacial score (nSPS) is 23.2. The molecule has 19 heavy (non-hydrogen) atoms. The van der Waals surface area contributed by atoms with Gasteiger partial charge in [0.15, 0.2) is 0 Å². The van der Waals surface area contributed by atoms with Crippen molar-refractivity contribution in [2.75, 3.05) is 21.3 Å². The number of methoxy groups -OCH3 is 2. The van der Waals surface area contributed by atoms with E-state index in [1.165, 1.54) is 31.2 Å². The lowest BCUT2D eigenvalue weighted by Gasteiger charge is -2.30. The van der Waals surface area contributed by atoms with Crippen LogP contribution in [0, 0.1) is 6.92 Å². The van der Waals surface area contributed by atoms with Crippen molar-refractivity contribution in [3.8, 4) is 11.5 Å². The Kier molecular flexibility index (Phi) is 4.70. The molecule has 0 heterocycles. The van der Waals surface area contributed by atoms with E-state index in [9.17, 15) is 0 Å². The van der Waals surface area contributed by atoms with E-state index < -0.39 is 0 Å². The van der Waals surface area contributed by atoms with Gasteiger partial charge < -0.3 is 14.8 Å². The van der Waals surface area contributed by atoms with Crippen LogP contribution in [0.2, 0.25) is 0 Å². The van der Waals surface area contributed by atoms with Crippen molar-refractivity contribution in [2.45, 2.75) is 44.6 Å². The molecule has 0 spiro atoms. The van der Waals surface area contributed by atoms with Crippen molar-refractivity contribution >= 4 is 0 Å². The van der Waals surface area contributed by atoms with Crippen molar-refractivity contribution in [2.24, 2.45) is 0 Å². The molecule has 0 saturated heterocycles. The van der Waals surface area contributed by atoms with E-state index in [2.05, 4.69) is 31.4 Å². The van der Waals surface area contributed by atoms with E-state index >= 15 is 0 Å². The van der Waals surface area contributed by atoms with Gasteiger partial charge >= 0.3 is 0 Å². The van der Waals surface area contributed by atoms with E-state index in [0.717, 1.165) is 17.1 Å². The second kappa shape index (κ2) is 6.29. The number of benzene rings is 1. The van der Waals surface area contributed by atoms with Crippen LogP contribution in [0.15, 0.2) is 12.1 Å². The lowest BCUT2D eigenvalue weighted by Crippen LogP contribution is -2.29. The molecule has 1 saturated carbocycles. The smallest absolute Gasteiger partial charge is 0.128 e. The SMILES string of the molecule is CNC1CCC(c2ccc(OC)c(C)c2OC)CC1. The zero-order valence-corrected chi connectivity index (χ0v) is 12.5. The van der Waals surface area contributed by atoms with E-state index in [4.69, 9.17) is 9.47 Å². The van der Waals surface area contributed by atoms with Crippen LogP contribution in [-0.2, 0) is 0 Å². The molecule has 0 amide bonds. The third-order valence-corrected chi connectivity index (χ3v) is 4.39. The molecule has 1 aromatic rings. The molecule has 3 nitrogen and oxygen atoms in total. The monoisotopic (exact) mass is 263 g/mol. The Labute approximate surface area is 116 Å². The van der Waals surface area contributed by atoms with Gasteiger partial charge in [-0.15, -0.1) is 0 Å². The predicted molar refractivity (Wildman–Crippen MR) is 78.3 cm³/mol. The first-order valence-electron chi connectivity index (χ1n) is 7.10. The van der Waals surface area contributed by atoms with Crippen LogP contribution < -0.4 is 14.8 Å². The molecule has 0 bridgehead atoms. The number of hydrogen-bond donors (Lipinski definition) is 1. The third-order valence-electron chi connectivity index (χ3n) is 4.39. The largest absolute Gasteiger partial charge is 0.496 e. The van der Waals surface area contributed by atoms with Crippen LogP contribution in [0.1, 0.15) is 42.7 Å². The minimum absolute atomic E-state index is 0.615. The predicted octanol–water partition coefficient (Wildman–Crippen LogP) is 3.26. The van der Waals surface area contributed by atoms with Crippen LogP contribution >= 0.6 is 0 Å². The lowest BCUT2D eigenvalue weighted by atomic mass is 9.81. The zero-order chi connectivity index (χ0) is 13.8. The van der Waals surface area contributed by atoms with Gasteiger partial charge in [-0.1, -0.05) is 6.07 Å². The van der Waals surface area contributed by atoms with Crippen molar-refractivity contribution < 1.29 is 9.47 Å². The summed E-state index contributed by atoms with van der Waals surface area (Å²) in [6.45, 7) is 2.07. The molecule has 3 heteroatoms. The topological polar surface area (TPSA) is 30.5 Å². The summed E-state index contributed by atoms with van der Waals surface area (Å²) in [6.07, 6.45) is 4.95. The van der Waals surface area contributed by atoms with Gasteiger partial charge in [0, 0.05) is 11.6 Å². The standard InChI is InChI=1S/C16H25NO2/c1-11-15(18-3)10-9-14(16(11)19-4)12-5-7-13(17-2)8-6-12/h9-10,12-13,17H,5-8H2,1-4H3. The molecule has 1 N–H and O–H groups in total. The van der Waals surface area contributed by atoms with Gasteiger partial charge in [-0.2, -0.15) is 0 Å². The highest BCUT2D eigenvalue weighted by Gasteiger charge is 2.25. The van der Waals surface area contributed by atoms with E-state index in [-0.39, 0.29) is 0 Å². The van der Waals surface area contributed by atoms with Gasteiger partial charge in [-0.05, 0) is 57.2 Å². The van der Waals surface area contributed by atoms with Crippen LogP contribution in [0.5, 0.6) is 11.5 Å². The molecular weight excluding hydrogens is 238 g/mol. The molecule has 1 fully saturated rings. The Hall–Kier alpha value is -1.22. The van der Waals surface area contributed by atoms with Crippen molar-refractivity contribution in [3.63, 3.8) is 0 Å². The number of nitrogens with one attached hydrogen (secondary N) is 1. The fourth-order valence-electron chi connectivity index (χ4n) is 3.20. The molecule has 0 radical (unpaired) electrons. The molecule has 1 aliphatic rings. The van der Waals surface area contributed by atoms with Gasteiger partial charge in [0.25, 0.3) is 0 Å². The molecule has 0 unspecified atom stereocenters. The molecular formula is C16H25NO2. The Morgan fingerprint density at radius 2 is 1.74 bits per heavy atom. The van der Waals surface area contributed by atoms with Gasteiger partial charge in [0.1, 0.15) is 11.5 Å². The summed E-state index contributed by atoms with van der Waals surface area (Å²) < 4.78 is 11.0. The van der Waals surface area contributed by atoms with Crippen LogP contribution in [0.25, 0.3) is 0 Å². The van der Waals surface area contributed by atoms with E-state index in [1.807, 2.05) is 0 Å². The van der Waals surface area contributed by atoms with Gasteiger partial charge in [-0.25, -0.2) is 0 Å². The van der Waals surface area contributed by atoms with Gasteiger partial charge in [0.05, 0.1) is 14.2 Å². The molecule has 0 atom stereocenters. The van der Waals surface area contributed by atoms with E-state index in [0.29, 0.717) is 12.0 Å². The first kappa shape index (κ1) is 14.2. The average Bonchev–Trinajstić information content (AvgIpc) is 2.47. The van der Waals surface area contributed by atoms with Crippen LogP contribution in [0.4, 0.5) is 0 Å². The minimum atomic E-state index is 0.615. The molecule has 0 aromatic heterocycles. The summed E-state index contributed by atoms with van der Waals surface area (Å²) >= 11 is 0. The first-order chi connectivity index (χ1) is 9.21. The van der Waals surface area contributed by atoms with Crippen molar-refractivity contribution in [1.82, 2.24) is 5.32 Å². The molecule has 1 aliphatic carbocycles. The Balaban J connectivity index is 2.23. The molecule has 1 aromatic carbocycles.